The maximum atomic E-state index is 5.85. The van der Waals surface area contributed by atoms with E-state index >= 15 is 0 Å². The second-order valence-electron chi connectivity index (χ2n) is 4.48. The zero-order chi connectivity index (χ0) is 14.8. The number of pyridine rings is 1. The fourth-order valence-electron chi connectivity index (χ4n) is 2.13. The highest BCUT2D eigenvalue weighted by Crippen LogP contribution is 2.19. The number of methoxy groups -OCH3 is 1. The number of ether oxygens (including phenoxy) is 1. The third-order valence-corrected chi connectivity index (χ3v) is 3.23. The lowest BCUT2D eigenvalue weighted by Crippen LogP contribution is -2.08. The maximum absolute atomic E-state index is 5.85. The number of alkyl halides is 1. The van der Waals surface area contributed by atoms with Gasteiger partial charge in [0.2, 0.25) is 11.8 Å². The molecule has 0 saturated carbocycles. The third kappa shape index (κ3) is 2.69. The summed E-state index contributed by atoms with van der Waals surface area (Å²) in [5.74, 6) is 2.95. The molecule has 0 radical (unpaired) electrons. The van der Waals surface area contributed by atoms with E-state index in [1.165, 1.54) is 0 Å². The summed E-state index contributed by atoms with van der Waals surface area (Å²) in [5.41, 5.74) is 1.51. The van der Waals surface area contributed by atoms with Crippen LogP contribution in [0.4, 0.5) is 0 Å². The van der Waals surface area contributed by atoms with Gasteiger partial charge in [0.1, 0.15) is 11.3 Å². The Hall–Kier alpha value is -2.15. The summed E-state index contributed by atoms with van der Waals surface area (Å²) in [6.07, 6.45) is 0.636. The first kappa shape index (κ1) is 13.8. The number of nitrogens with zero attached hydrogens (tertiary/aromatic N) is 5. The molecular weight excluding hydrogens is 294 g/mol. The Balaban J connectivity index is 2.09. The number of imidazole rings is 1. The van der Waals surface area contributed by atoms with Crippen molar-refractivity contribution in [1.29, 1.82) is 0 Å². The van der Waals surface area contributed by atoms with Crippen LogP contribution in [0, 0.1) is 6.92 Å². The van der Waals surface area contributed by atoms with E-state index in [4.69, 9.17) is 20.9 Å². The fraction of sp³-hybridized carbons (Fsp3) is 0.385. The van der Waals surface area contributed by atoms with Crippen molar-refractivity contribution in [3.8, 4) is 5.88 Å². The second-order valence-corrected chi connectivity index (χ2v) is 4.86. The van der Waals surface area contributed by atoms with E-state index in [2.05, 4.69) is 20.1 Å². The van der Waals surface area contributed by atoms with Crippen LogP contribution in [0.3, 0.4) is 0 Å². The Morgan fingerprint density at radius 1 is 1.29 bits per heavy atom. The van der Waals surface area contributed by atoms with Crippen molar-refractivity contribution in [3.63, 3.8) is 0 Å². The number of rotatable bonds is 5. The van der Waals surface area contributed by atoms with Gasteiger partial charge in [0.15, 0.2) is 11.5 Å². The molecule has 0 aliphatic carbocycles. The molecule has 0 N–H and O–H groups in total. The molecule has 0 aromatic carbocycles. The van der Waals surface area contributed by atoms with Crippen LogP contribution < -0.4 is 4.74 Å². The highest BCUT2D eigenvalue weighted by atomic mass is 35.5. The van der Waals surface area contributed by atoms with Gasteiger partial charge in [-0.15, -0.1) is 11.6 Å². The largest absolute Gasteiger partial charge is 0.481 e. The van der Waals surface area contributed by atoms with Gasteiger partial charge in [0, 0.05) is 25.3 Å². The van der Waals surface area contributed by atoms with Gasteiger partial charge in [-0.3, -0.25) is 0 Å². The maximum Gasteiger partial charge on any atom is 0.223 e. The predicted molar refractivity (Wildman–Crippen MR) is 76.6 cm³/mol. The van der Waals surface area contributed by atoms with Crippen LogP contribution in [0.1, 0.15) is 17.5 Å². The molecule has 0 spiro atoms. The first-order chi connectivity index (χ1) is 10.2. The molecule has 110 valence electrons. The van der Waals surface area contributed by atoms with Crippen LogP contribution in [-0.2, 0) is 13.0 Å². The Morgan fingerprint density at radius 3 is 2.81 bits per heavy atom. The lowest BCUT2D eigenvalue weighted by Gasteiger charge is -2.05. The lowest BCUT2D eigenvalue weighted by molar-refractivity contribution is 0.386. The van der Waals surface area contributed by atoms with Gasteiger partial charge in [0.05, 0.1) is 13.7 Å². The molecule has 21 heavy (non-hydrogen) atoms. The van der Waals surface area contributed by atoms with Gasteiger partial charge in [-0.05, 0) is 6.07 Å². The molecule has 3 aromatic rings. The zero-order valence-electron chi connectivity index (χ0n) is 11.7. The number of aryl methyl sites for hydroxylation is 2. The highest BCUT2D eigenvalue weighted by Gasteiger charge is 2.15. The molecule has 0 aliphatic heterocycles. The zero-order valence-corrected chi connectivity index (χ0v) is 12.5. The molecule has 0 saturated heterocycles. The number of hydrogen-bond donors (Lipinski definition) is 0. The molecule has 8 heteroatoms. The summed E-state index contributed by atoms with van der Waals surface area (Å²) >= 11 is 5.85. The monoisotopic (exact) mass is 307 g/mol. The van der Waals surface area contributed by atoms with Crippen LogP contribution in [-0.4, -0.2) is 37.7 Å². The van der Waals surface area contributed by atoms with E-state index in [0.717, 1.165) is 17.0 Å². The average Bonchev–Trinajstić information content (AvgIpc) is 3.04. The molecule has 3 aromatic heterocycles. The van der Waals surface area contributed by atoms with Crippen molar-refractivity contribution < 1.29 is 9.26 Å². The summed E-state index contributed by atoms with van der Waals surface area (Å²) in [6, 6.07) is 3.65. The van der Waals surface area contributed by atoms with E-state index in [1.54, 1.807) is 20.1 Å². The lowest BCUT2D eigenvalue weighted by atomic mass is 10.4. The minimum atomic E-state index is 0.431. The summed E-state index contributed by atoms with van der Waals surface area (Å²) < 4.78 is 12.1. The third-order valence-electron chi connectivity index (χ3n) is 3.04. The van der Waals surface area contributed by atoms with Crippen LogP contribution in [0.15, 0.2) is 16.7 Å². The van der Waals surface area contributed by atoms with Gasteiger partial charge in [-0.25, -0.2) is 4.98 Å². The average molecular weight is 308 g/mol. The minimum absolute atomic E-state index is 0.431. The molecule has 0 amide bonds. The molecule has 0 fully saturated rings. The van der Waals surface area contributed by atoms with Gasteiger partial charge in [0.25, 0.3) is 0 Å². The minimum Gasteiger partial charge on any atom is -0.481 e. The summed E-state index contributed by atoms with van der Waals surface area (Å²) in [7, 11) is 1.58. The first-order valence-corrected chi connectivity index (χ1v) is 7.00. The van der Waals surface area contributed by atoms with Gasteiger partial charge >= 0.3 is 0 Å². The Morgan fingerprint density at radius 2 is 2.14 bits per heavy atom. The standard InChI is InChI=1S/C13H14ClN5O2/c1-8-15-10(18-21-8)7-19-11(5-6-14)16-9-3-4-12(20-2)17-13(9)19/h3-4H,5-7H2,1-2H3. The molecule has 7 nitrogen and oxygen atoms in total. The van der Waals surface area contributed by atoms with Crippen molar-refractivity contribution in [2.24, 2.45) is 0 Å². The molecule has 0 atom stereocenters. The number of aromatic nitrogens is 5. The van der Waals surface area contributed by atoms with E-state index < -0.39 is 0 Å². The molecule has 0 unspecified atom stereocenters. The van der Waals surface area contributed by atoms with E-state index in [-0.39, 0.29) is 0 Å². The fourth-order valence-corrected chi connectivity index (χ4v) is 2.30. The number of fused-ring (bicyclic) bond motifs is 1. The summed E-state index contributed by atoms with van der Waals surface area (Å²) in [4.78, 5) is 13.2. The van der Waals surface area contributed by atoms with Crippen molar-refractivity contribution >= 4 is 22.8 Å². The van der Waals surface area contributed by atoms with Crippen LogP contribution in [0.2, 0.25) is 0 Å². The van der Waals surface area contributed by atoms with E-state index in [0.29, 0.717) is 36.4 Å². The number of halogens is 1. The number of hydrogen-bond acceptors (Lipinski definition) is 6. The van der Waals surface area contributed by atoms with Gasteiger partial charge in [-0.2, -0.15) is 9.97 Å². The predicted octanol–water partition coefficient (Wildman–Crippen LogP) is 1.96. The quantitative estimate of drug-likeness (QED) is 0.670. The van der Waals surface area contributed by atoms with Crippen molar-refractivity contribution in [2.45, 2.75) is 19.9 Å². The topological polar surface area (TPSA) is 78.9 Å². The Bertz CT molecular complexity index is 767. The van der Waals surface area contributed by atoms with Crippen molar-refractivity contribution in [2.75, 3.05) is 13.0 Å². The van der Waals surface area contributed by atoms with E-state index in [9.17, 15) is 0 Å². The molecule has 0 aliphatic rings. The molecular formula is C13H14ClN5O2. The first-order valence-electron chi connectivity index (χ1n) is 6.46. The van der Waals surface area contributed by atoms with Gasteiger partial charge < -0.3 is 13.8 Å². The van der Waals surface area contributed by atoms with E-state index in [1.807, 2.05) is 10.6 Å². The highest BCUT2D eigenvalue weighted by molar-refractivity contribution is 6.17. The molecule has 3 rings (SSSR count). The smallest absolute Gasteiger partial charge is 0.223 e. The SMILES string of the molecule is COc1ccc2nc(CCCl)n(Cc3noc(C)n3)c2n1. The van der Waals surface area contributed by atoms with Crippen LogP contribution >= 0.6 is 11.6 Å². The van der Waals surface area contributed by atoms with Gasteiger partial charge in [-0.1, -0.05) is 5.16 Å². The second kappa shape index (κ2) is 5.69. The summed E-state index contributed by atoms with van der Waals surface area (Å²) in [6.45, 7) is 2.18. The molecule has 3 heterocycles. The Kier molecular flexibility index (Phi) is 3.74. The Labute approximate surface area is 125 Å². The normalized spacial score (nSPS) is 11.2. The molecule has 0 bridgehead atoms. The van der Waals surface area contributed by atoms with Crippen LogP contribution in [0.25, 0.3) is 11.2 Å². The van der Waals surface area contributed by atoms with Crippen molar-refractivity contribution in [1.82, 2.24) is 24.7 Å². The summed E-state index contributed by atoms with van der Waals surface area (Å²) in [5, 5.41) is 3.91. The van der Waals surface area contributed by atoms with Crippen molar-refractivity contribution in [3.05, 3.63) is 29.7 Å². The van der Waals surface area contributed by atoms with Crippen LogP contribution in [0.5, 0.6) is 5.88 Å².